The third kappa shape index (κ3) is 3.52. The lowest BCUT2D eigenvalue weighted by molar-refractivity contribution is -0.117. The van der Waals surface area contributed by atoms with Crippen molar-refractivity contribution in [2.75, 3.05) is 16.2 Å². The van der Waals surface area contributed by atoms with Crippen molar-refractivity contribution in [1.29, 1.82) is 0 Å². The summed E-state index contributed by atoms with van der Waals surface area (Å²) in [6, 6.07) is 7.72. The van der Waals surface area contributed by atoms with Crippen molar-refractivity contribution in [3.8, 4) is 0 Å². The fourth-order valence-corrected chi connectivity index (χ4v) is 4.92. The van der Waals surface area contributed by atoms with Gasteiger partial charge in [-0.2, -0.15) is 0 Å². The first-order chi connectivity index (χ1) is 11.8. The average Bonchev–Trinajstić information content (AvgIpc) is 2.92. The fraction of sp³-hybridized carbons (Fsp3) is 0.188. The highest BCUT2D eigenvalue weighted by Gasteiger charge is 2.28. The Hall–Kier alpha value is -2.00. The van der Waals surface area contributed by atoms with Gasteiger partial charge in [0.05, 0.1) is 11.4 Å². The average molecular weight is 431 g/mol. The van der Waals surface area contributed by atoms with Crippen molar-refractivity contribution < 1.29 is 22.0 Å². The molecule has 0 aromatic heterocycles. The van der Waals surface area contributed by atoms with Gasteiger partial charge in [-0.1, -0.05) is 12.1 Å². The number of amides is 1. The van der Waals surface area contributed by atoms with Crippen molar-refractivity contribution in [3.05, 3.63) is 52.5 Å². The summed E-state index contributed by atoms with van der Waals surface area (Å²) in [5.41, 5.74) is 0.542. The van der Waals surface area contributed by atoms with E-state index in [0.717, 1.165) is 6.07 Å². The molecule has 1 N–H and O–H groups in total. The minimum atomic E-state index is -4.34. The van der Waals surface area contributed by atoms with E-state index in [0.29, 0.717) is 31.1 Å². The van der Waals surface area contributed by atoms with Gasteiger partial charge >= 0.3 is 0 Å². The molecular weight excluding hydrogens is 418 g/mol. The van der Waals surface area contributed by atoms with Gasteiger partial charge < -0.3 is 4.90 Å². The minimum Gasteiger partial charge on any atom is -0.310 e. The van der Waals surface area contributed by atoms with Crippen LogP contribution in [0, 0.1) is 11.6 Å². The number of anilines is 2. The third-order valence-corrected chi connectivity index (χ3v) is 6.07. The maximum atomic E-state index is 14.0. The molecule has 132 valence electrons. The van der Waals surface area contributed by atoms with E-state index in [4.69, 9.17) is 0 Å². The van der Waals surface area contributed by atoms with E-state index < -0.39 is 26.6 Å². The molecule has 1 saturated heterocycles. The van der Waals surface area contributed by atoms with Crippen LogP contribution in [0.15, 0.2) is 45.8 Å². The van der Waals surface area contributed by atoms with Crippen LogP contribution in [0.2, 0.25) is 0 Å². The first-order valence-electron chi connectivity index (χ1n) is 7.36. The summed E-state index contributed by atoms with van der Waals surface area (Å²) in [5, 5.41) is 0. The van der Waals surface area contributed by atoms with Gasteiger partial charge in [-0.15, -0.1) is 0 Å². The van der Waals surface area contributed by atoms with Crippen molar-refractivity contribution in [2.24, 2.45) is 0 Å². The Balaban J connectivity index is 2.02. The predicted molar refractivity (Wildman–Crippen MR) is 92.9 cm³/mol. The van der Waals surface area contributed by atoms with Crippen LogP contribution in [0.1, 0.15) is 12.8 Å². The molecule has 0 unspecified atom stereocenters. The van der Waals surface area contributed by atoms with E-state index in [1.807, 2.05) is 0 Å². The molecule has 1 amide bonds. The Labute approximate surface area is 151 Å². The fourth-order valence-electron chi connectivity index (χ4n) is 2.68. The smallest absolute Gasteiger partial charge is 0.266 e. The van der Waals surface area contributed by atoms with E-state index >= 15 is 0 Å². The second-order valence-corrected chi connectivity index (χ2v) is 7.94. The summed E-state index contributed by atoms with van der Waals surface area (Å²) in [7, 11) is -4.34. The zero-order valence-electron chi connectivity index (χ0n) is 12.8. The first-order valence-corrected chi connectivity index (χ1v) is 9.64. The topological polar surface area (TPSA) is 66.5 Å². The molecule has 1 fully saturated rings. The number of nitrogens with one attached hydrogen (secondary N) is 1. The standard InChI is InChI=1S/C16H13BrF2N2O3S/c17-11-8-10(18)9-12(19)16(11)25(23,24)20-13-4-1-2-5-14(13)21-7-3-6-15(21)22/h1-2,4-5,8-9,20H,3,6-7H2. The highest BCUT2D eigenvalue weighted by atomic mass is 79.9. The number of carbonyl (C=O) groups excluding carboxylic acids is 1. The van der Waals surface area contributed by atoms with Crippen LogP contribution >= 0.6 is 15.9 Å². The van der Waals surface area contributed by atoms with E-state index in [1.165, 1.54) is 11.0 Å². The summed E-state index contributed by atoms with van der Waals surface area (Å²) in [4.78, 5) is 12.7. The van der Waals surface area contributed by atoms with Crippen LogP contribution in [0.5, 0.6) is 0 Å². The first kappa shape index (κ1) is 17.8. The number of benzene rings is 2. The number of hydrogen-bond donors (Lipinski definition) is 1. The summed E-state index contributed by atoms with van der Waals surface area (Å²) in [5.74, 6) is -2.22. The summed E-state index contributed by atoms with van der Waals surface area (Å²) in [6.07, 6.45) is 1.07. The molecule has 25 heavy (non-hydrogen) atoms. The normalized spacial score (nSPS) is 14.8. The van der Waals surface area contributed by atoms with Crippen LogP contribution in [0.25, 0.3) is 0 Å². The lowest BCUT2D eigenvalue weighted by atomic mass is 10.2. The molecule has 0 saturated carbocycles. The molecule has 2 aromatic rings. The summed E-state index contributed by atoms with van der Waals surface area (Å²) >= 11 is 2.88. The molecule has 0 radical (unpaired) electrons. The number of hydrogen-bond acceptors (Lipinski definition) is 3. The van der Waals surface area contributed by atoms with Crippen molar-refractivity contribution in [1.82, 2.24) is 0 Å². The van der Waals surface area contributed by atoms with Gasteiger partial charge in [0.15, 0.2) is 0 Å². The Morgan fingerprint density at radius 1 is 1.16 bits per heavy atom. The molecule has 3 rings (SSSR count). The Morgan fingerprint density at radius 2 is 1.88 bits per heavy atom. The highest BCUT2D eigenvalue weighted by Crippen LogP contribution is 2.33. The molecule has 1 heterocycles. The molecule has 5 nitrogen and oxygen atoms in total. The van der Waals surface area contributed by atoms with E-state index in [1.54, 1.807) is 18.2 Å². The highest BCUT2D eigenvalue weighted by molar-refractivity contribution is 9.10. The third-order valence-electron chi connectivity index (χ3n) is 3.74. The molecule has 0 spiro atoms. The van der Waals surface area contributed by atoms with Gasteiger partial charge in [-0.05, 0) is 40.5 Å². The molecule has 0 atom stereocenters. The molecule has 9 heteroatoms. The molecular formula is C16H13BrF2N2O3S. The predicted octanol–water partition coefficient (Wildman–Crippen LogP) is 3.65. The number of para-hydroxylation sites is 2. The zero-order valence-corrected chi connectivity index (χ0v) is 15.2. The van der Waals surface area contributed by atoms with Gasteiger partial charge in [0.1, 0.15) is 16.5 Å². The van der Waals surface area contributed by atoms with Crippen LogP contribution < -0.4 is 9.62 Å². The lowest BCUT2D eigenvalue weighted by Gasteiger charge is -2.20. The molecule has 1 aliphatic rings. The second kappa shape index (κ2) is 6.72. The van der Waals surface area contributed by atoms with Crippen LogP contribution in [0.4, 0.5) is 20.2 Å². The number of halogens is 3. The molecule has 0 aliphatic carbocycles. The minimum absolute atomic E-state index is 0.110. The lowest BCUT2D eigenvalue weighted by Crippen LogP contribution is -2.26. The van der Waals surface area contributed by atoms with Crippen LogP contribution in [0.3, 0.4) is 0 Å². The second-order valence-electron chi connectivity index (χ2n) is 5.47. The number of nitrogens with zero attached hydrogens (tertiary/aromatic N) is 1. The van der Waals surface area contributed by atoms with Gasteiger partial charge in [-0.3, -0.25) is 9.52 Å². The Morgan fingerprint density at radius 3 is 2.52 bits per heavy atom. The number of carbonyl (C=O) groups is 1. The van der Waals surface area contributed by atoms with Gasteiger partial charge in [0.2, 0.25) is 5.91 Å². The largest absolute Gasteiger partial charge is 0.310 e. The Kier molecular flexibility index (Phi) is 4.79. The van der Waals surface area contributed by atoms with Gasteiger partial charge in [0, 0.05) is 23.5 Å². The quantitative estimate of drug-likeness (QED) is 0.804. The van der Waals surface area contributed by atoms with Gasteiger partial charge in [-0.25, -0.2) is 17.2 Å². The van der Waals surface area contributed by atoms with E-state index in [2.05, 4.69) is 20.7 Å². The SMILES string of the molecule is O=C1CCCN1c1ccccc1NS(=O)(=O)c1c(F)cc(F)cc1Br. The monoisotopic (exact) mass is 430 g/mol. The Bertz CT molecular complexity index is 927. The molecule has 0 bridgehead atoms. The number of rotatable bonds is 4. The maximum absolute atomic E-state index is 14.0. The molecule has 1 aliphatic heterocycles. The zero-order chi connectivity index (χ0) is 18.2. The molecule has 2 aromatic carbocycles. The summed E-state index contributed by atoms with van der Waals surface area (Å²) < 4.78 is 54.5. The summed E-state index contributed by atoms with van der Waals surface area (Å²) in [6.45, 7) is 0.478. The van der Waals surface area contributed by atoms with Crippen molar-refractivity contribution in [2.45, 2.75) is 17.7 Å². The van der Waals surface area contributed by atoms with E-state index in [9.17, 15) is 22.0 Å². The van der Waals surface area contributed by atoms with Crippen LogP contribution in [-0.4, -0.2) is 20.9 Å². The van der Waals surface area contributed by atoms with Gasteiger partial charge in [0.25, 0.3) is 10.0 Å². The maximum Gasteiger partial charge on any atom is 0.266 e. The van der Waals surface area contributed by atoms with Crippen molar-refractivity contribution in [3.63, 3.8) is 0 Å². The van der Waals surface area contributed by atoms with E-state index in [-0.39, 0.29) is 16.1 Å². The van der Waals surface area contributed by atoms with Crippen LogP contribution in [-0.2, 0) is 14.8 Å². The number of sulfonamides is 1. The van der Waals surface area contributed by atoms with Crippen molar-refractivity contribution >= 4 is 43.2 Å².